The van der Waals surface area contributed by atoms with Gasteiger partial charge in [0.2, 0.25) is 6.29 Å². The molecule has 6 aliphatic rings. The van der Waals surface area contributed by atoms with Gasteiger partial charge in [0.25, 0.3) is 0 Å². The van der Waals surface area contributed by atoms with Gasteiger partial charge in [0.1, 0.15) is 71.7 Å². The molecular formula is C57H82O26. The van der Waals surface area contributed by atoms with E-state index < -0.39 is 188 Å². The van der Waals surface area contributed by atoms with Gasteiger partial charge in [0, 0.05) is 71.7 Å². The smallest absolute Gasteiger partial charge is 0.303 e. The molecule has 5 saturated heterocycles. The number of benzene rings is 2. The number of ketones is 2. The van der Waals surface area contributed by atoms with Gasteiger partial charge in [-0.2, -0.15) is 0 Å². The summed E-state index contributed by atoms with van der Waals surface area (Å²) >= 11 is 0. The summed E-state index contributed by atoms with van der Waals surface area (Å²) in [5.41, 5.74) is -1.52. The van der Waals surface area contributed by atoms with Gasteiger partial charge >= 0.3 is 11.9 Å². The van der Waals surface area contributed by atoms with Gasteiger partial charge in [0.15, 0.2) is 42.8 Å². The van der Waals surface area contributed by atoms with E-state index in [-0.39, 0.29) is 71.7 Å². The van der Waals surface area contributed by atoms with E-state index in [4.69, 9.17) is 66.3 Å². The Bertz CT molecular complexity index is 2620. The fraction of sp³-hybridized carbons (Fsp3) is 0.754. The zero-order valence-corrected chi connectivity index (χ0v) is 48.7. The van der Waals surface area contributed by atoms with Gasteiger partial charge in [-0.25, -0.2) is 0 Å². The molecule has 2 aromatic carbocycles. The van der Waals surface area contributed by atoms with Crippen molar-refractivity contribution in [1.29, 1.82) is 0 Å². The Morgan fingerprint density at radius 1 is 0.687 bits per heavy atom. The number of ether oxygens (including phenoxy) is 14. The Morgan fingerprint density at radius 3 is 1.80 bits per heavy atom. The quantitative estimate of drug-likeness (QED) is 0.0982. The molecule has 5 heterocycles. The van der Waals surface area contributed by atoms with Gasteiger partial charge in [-0.15, -0.1) is 0 Å². The van der Waals surface area contributed by atoms with Crippen molar-refractivity contribution in [2.45, 2.75) is 255 Å². The average Bonchev–Trinajstić information content (AvgIpc) is 1.45. The lowest BCUT2D eigenvalue weighted by atomic mass is 9.75. The number of methoxy groups -OCH3 is 2. The number of hydrogen-bond donors (Lipinski definition) is 8. The lowest BCUT2D eigenvalue weighted by Gasteiger charge is -2.46. The Morgan fingerprint density at radius 2 is 1.23 bits per heavy atom. The first-order valence-corrected chi connectivity index (χ1v) is 28.2. The summed E-state index contributed by atoms with van der Waals surface area (Å²) in [5.74, 6) is -5.35. The molecule has 0 saturated carbocycles. The van der Waals surface area contributed by atoms with Crippen LogP contribution in [0.3, 0.4) is 0 Å². The van der Waals surface area contributed by atoms with Crippen molar-refractivity contribution in [2.75, 3.05) is 14.2 Å². The molecule has 25 atom stereocenters. The van der Waals surface area contributed by atoms with Gasteiger partial charge < -0.3 is 107 Å². The van der Waals surface area contributed by atoms with Crippen LogP contribution in [0, 0.1) is 12.8 Å². The van der Waals surface area contributed by atoms with Crippen LogP contribution in [0.15, 0.2) is 12.1 Å². The molecule has 0 amide bonds. The average molecular weight is 1180 g/mol. The van der Waals surface area contributed by atoms with Gasteiger partial charge in [-0.05, 0) is 84.9 Å². The summed E-state index contributed by atoms with van der Waals surface area (Å²) in [6.45, 7) is 14.8. The number of aliphatic hydroxyl groups is 6. The molecule has 0 spiro atoms. The Hall–Kier alpha value is -4.30. The van der Waals surface area contributed by atoms with Crippen LogP contribution in [0.2, 0.25) is 0 Å². The number of aliphatic hydroxyl groups excluding tert-OH is 5. The molecule has 5 fully saturated rings. The fourth-order valence-corrected chi connectivity index (χ4v) is 12.4. The minimum atomic E-state index is -1.96. The summed E-state index contributed by atoms with van der Waals surface area (Å²) in [7, 11) is 2.65. The topological polar surface area (TPSA) is 359 Å². The van der Waals surface area contributed by atoms with E-state index in [0.29, 0.717) is 0 Å². The Labute approximate surface area is 480 Å². The summed E-state index contributed by atoms with van der Waals surface area (Å²) in [5, 5.41) is 89.9. The van der Waals surface area contributed by atoms with E-state index in [0.717, 1.165) is 0 Å². The van der Waals surface area contributed by atoms with Crippen molar-refractivity contribution in [3.05, 3.63) is 28.8 Å². The molecule has 0 bridgehead atoms. The number of esters is 2. The van der Waals surface area contributed by atoms with Crippen LogP contribution in [0.5, 0.6) is 17.2 Å². The first kappa shape index (κ1) is 64.7. The van der Waals surface area contributed by atoms with Crippen LogP contribution in [0.25, 0.3) is 10.8 Å². The van der Waals surface area contributed by atoms with Gasteiger partial charge in [0.05, 0.1) is 65.9 Å². The molecule has 8 rings (SSSR count). The predicted molar refractivity (Wildman–Crippen MR) is 282 cm³/mol. The van der Waals surface area contributed by atoms with E-state index in [1.165, 1.54) is 67.9 Å². The van der Waals surface area contributed by atoms with Crippen LogP contribution in [-0.4, -0.2) is 225 Å². The molecule has 26 nitrogen and oxygen atoms in total. The molecule has 8 N–H and O–H groups in total. The van der Waals surface area contributed by atoms with Crippen molar-refractivity contribution < 1.29 is 126 Å². The Kier molecular flexibility index (Phi) is 20.5. The maximum Gasteiger partial charge on any atom is 0.303 e. The molecule has 0 radical (unpaired) electrons. The third-order valence-electron chi connectivity index (χ3n) is 16.6. The zero-order valence-electron chi connectivity index (χ0n) is 48.7. The maximum atomic E-state index is 15.1. The Balaban J connectivity index is 1.03. The molecule has 0 aromatic heterocycles. The van der Waals surface area contributed by atoms with Crippen LogP contribution < -0.4 is 4.74 Å². The second-order valence-corrected chi connectivity index (χ2v) is 23.1. The van der Waals surface area contributed by atoms with Crippen molar-refractivity contribution >= 4 is 34.3 Å². The number of Topliss-reactive ketones (excluding diaryl/α,β-unsaturated/α-hetero) is 2. The number of carbonyl (C=O) groups excluding carboxylic acids is 4. The summed E-state index contributed by atoms with van der Waals surface area (Å²) in [6, 6.07) is 3.03. The SMILES string of the molecule is COC(C(=O)C(O)C(C)O)C1Cc2cc3cc(O[C@H]4C[C@@H](OC(C)=O)[C@@H](O[C@@H]5C[C@@H](O)[C@H](OC)[C@@H](C)O5)[C@@H](C)O4)c(C)c(O)c3c(O)c2C(=O)[C@H]1O[C@@H]1CC(O[C@@H]2CC(O[C@@H]3C[C@](C)(O)[C@H](OC(C)=O)[C@H](C)O3)[C@@H](O)[C@H](C)O2)[C@@H](O)[C@H](C)O1. The third-order valence-corrected chi connectivity index (χ3v) is 16.6. The molecule has 83 heavy (non-hydrogen) atoms. The number of fused-ring (bicyclic) bond motifs is 2. The van der Waals surface area contributed by atoms with Crippen molar-refractivity contribution in [2.24, 2.45) is 5.92 Å². The first-order chi connectivity index (χ1) is 39.0. The minimum Gasteiger partial charge on any atom is -0.507 e. The molecule has 5 aliphatic heterocycles. The second kappa shape index (κ2) is 26.4. The number of rotatable bonds is 18. The van der Waals surface area contributed by atoms with E-state index in [1.54, 1.807) is 27.7 Å². The van der Waals surface area contributed by atoms with Crippen LogP contribution in [0.1, 0.15) is 116 Å². The monoisotopic (exact) mass is 1180 g/mol. The lowest BCUT2D eigenvalue weighted by Crippen LogP contribution is -2.59. The fourth-order valence-electron chi connectivity index (χ4n) is 12.4. The highest BCUT2D eigenvalue weighted by Gasteiger charge is 2.52. The molecule has 26 heteroatoms. The minimum absolute atomic E-state index is 0.0531. The highest BCUT2D eigenvalue weighted by atomic mass is 16.7. The largest absolute Gasteiger partial charge is 0.507 e. The van der Waals surface area contributed by atoms with E-state index in [1.807, 2.05) is 0 Å². The van der Waals surface area contributed by atoms with Crippen LogP contribution in [-0.2, 0) is 82.4 Å². The highest BCUT2D eigenvalue weighted by Crippen LogP contribution is 2.48. The molecule has 1 aliphatic carbocycles. The van der Waals surface area contributed by atoms with Crippen molar-refractivity contribution in [3.8, 4) is 17.2 Å². The summed E-state index contributed by atoms with van der Waals surface area (Å²) in [6.07, 6.45) is -25.8. The van der Waals surface area contributed by atoms with Crippen molar-refractivity contribution in [1.82, 2.24) is 0 Å². The summed E-state index contributed by atoms with van der Waals surface area (Å²) < 4.78 is 84.2. The molecule has 6 unspecified atom stereocenters. The van der Waals surface area contributed by atoms with Gasteiger partial charge in [-0.1, -0.05) is 0 Å². The number of phenols is 2. The second-order valence-electron chi connectivity index (χ2n) is 23.1. The van der Waals surface area contributed by atoms with Crippen LogP contribution in [0.4, 0.5) is 0 Å². The van der Waals surface area contributed by atoms with E-state index >= 15 is 4.79 Å². The number of carbonyl (C=O) groups is 4. The number of aromatic hydroxyl groups is 2. The number of phenolic OH excluding ortho intramolecular Hbond substituents is 2. The van der Waals surface area contributed by atoms with E-state index in [9.17, 15) is 55.2 Å². The molecule has 466 valence electrons. The van der Waals surface area contributed by atoms with Crippen molar-refractivity contribution in [3.63, 3.8) is 0 Å². The van der Waals surface area contributed by atoms with Crippen LogP contribution >= 0.6 is 0 Å². The predicted octanol–water partition coefficient (Wildman–Crippen LogP) is 1.55. The maximum absolute atomic E-state index is 15.1. The normalized spacial score (nSPS) is 39.7. The third kappa shape index (κ3) is 13.9. The number of hydrogen-bond acceptors (Lipinski definition) is 26. The summed E-state index contributed by atoms with van der Waals surface area (Å²) in [4.78, 5) is 53.3. The first-order valence-electron chi connectivity index (χ1n) is 28.2. The standard InChI is InChI=1S/C57H82O26/c1-21-34(79-40-19-37(77-28(8)59)53(26(6)75-40)82-38-16-33(61)52(70-11)25(5)74-38)15-31-13-30-14-32(54(71-12)51(68)46(63)22(2)58)55(50(67)44(30)49(66)43(31)45(21)62)83-41-18-35(47(64)24(4)73-41)80-39-17-36(48(65)23(3)72-39)81-42-20-57(10,69)56(27(7)76-42)78-29(9)60/h13,15,22-27,32-33,35-42,46-48,52-56,58,61-66,69H,14,16-20H2,1-12H3/t22?,23-,24-,25+,26+,27-,32?,33+,35?,36?,37+,38+,39+,40-,41+,42+,46?,47-,48-,52+,53-,54?,55-,56+,57-/m0/s1. The van der Waals surface area contributed by atoms with Gasteiger partial charge in [-0.3, -0.25) is 19.2 Å². The molecular weight excluding hydrogens is 1100 g/mol. The van der Waals surface area contributed by atoms with E-state index in [2.05, 4.69) is 0 Å². The highest BCUT2D eigenvalue weighted by molar-refractivity contribution is 6.11. The lowest BCUT2D eigenvalue weighted by molar-refractivity contribution is -0.334. The zero-order chi connectivity index (χ0) is 60.8. The molecule has 2 aromatic rings.